The molecule has 1 aromatic rings. The molecule has 1 aromatic carbocycles. The molecule has 1 fully saturated rings. The Morgan fingerprint density at radius 2 is 2.05 bits per heavy atom. The van der Waals surface area contributed by atoms with Gasteiger partial charge in [-0.1, -0.05) is 43.5 Å². The monoisotopic (exact) mass is 260 g/mol. The summed E-state index contributed by atoms with van der Waals surface area (Å²) in [5, 5.41) is 8.54. The van der Waals surface area contributed by atoms with Crippen LogP contribution >= 0.6 is 0 Å². The lowest BCUT2D eigenvalue weighted by atomic mass is 9.83. The fourth-order valence-electron chi connectivity index (χ4n) is 2.11. The Morgan fingerprint density at radius 3 is 2.63 bits per heavy atom. The van der Waals surface area contributed by atoms with Gasteiger partial charge in [-0.05, 0) is 29.5 Å². The molecule has 0 unspecified atom stereocenters. The van der Waals surface area contributed by atoms with Crippen molar-refractivity contribution in [2.45, 2.75) is 32.3 Å². The van der Waals surface area contributed by atoms with E-state index in [1.165, 1.54) is 25.7 Å². The molecule has 0 aliphatic heterocycles. The minimum Gasteiger partial charge on any atom is -0.478 e. The quantitative estimate of drug-likeness (QED) is 0.603. The minimum atomic E-state index is -0.927. The molecule has 0 heterocycles. The number of aliphatic carboxylic acids is 1. The van der Waals surface area contributed by atoms with Gasteiger partial charge in [0.25, 0.3) is 0 Å². The third-order valence-corrected chi connectivity index (χ3v) is 3.56. The van der Waals surface area contributed by atoms with Gasteiger partial charge in [-0.2, -0.15) is 0 Å². The van der Waals surface area contributed by atoms with Crippen LogP contribution in [0.1, 0.15) is 36.8 Å². The number of rotatable bonds is 7. The second kappa shape index (κ2) is 7.10. The third-order valence-electron chi connectivity index (χ3n) is 3.56. The first-order chi connectivity index (χ1) is 9.24. The highest BCUT2D eigenvalue weighted by Gasteiger charge is 2.16. The van der Waals surface area contributed by atoms with Crippen LogP contribution in [0.3, 0.4) is 0 Å². The number of carboxylic acid groups (broad SMARTS) is 1. The second-order valence-electron chi connectivity index (χ2n) is 5.05. The van der Waals surface area contributed by atoms with Crippen LogP contribution in [0.4, 0.5) is 0 Å². The van der Waals surface area contributed by atoms with E-state index in [4.69, 9.17) is 9.84 Å². The molecule has 0 radical (unpaired) electrons. The normalized spacial score (nSPS) is 15.6. The second-order valence-corrected chi connectivity index (χ2v) is 5.05. The first kappa shape index (κ1) is 13.8. The number of hydrogen-bond donors (Lipinski definition) is 1. The standard InChI is InChI=1S/C16H20O3/c17-16(18)9-8-14-4-6-15(7-5-14)12-19-11-10-13-2-1-3-13/h4-9,13H,1-3,10-12H2,(H,17,18)/b9-8+. The molecule has 1 aliphatic carbocycles. The van der Waals surface area contributed by atoms with Crippen LogP contribution in [-0.2, 0) is 16.1 Å². The summed E-state index contributed by atoms with van der Waals surface area (Å²) in [5.41, 5.74) is 2.02. The first-order valence-corrected chi connectivity index (χ1v) is 6.82. The third kappa shape index (κ3) is 4.87. The van der Waals surface area contributed by atoms with Gasteiger partial charge in [-0.25, -0.2) is 4.79 Å². The van der Waals surface area contributed by atoms with E-state index >= 15 is 0 Å². The maximum atomic E-state index is 10.4. The highest BCUT2D eigenvalue weighted by atomic mass is 16.5. The number of carboxylic acids is 1. The van der Waals surface area contributed by atoms with Crippen LogP contribution in [-0.4, -0.2) is 17.7 Å². The van der Waals surface area contributed by atoms with Gasteiger partial charge in [-0.3, -0.25) is 0 Å². The van der Waals surface area contributed by atoms with E-state index < -0.39 is 5.97 Å². The van der Waals surface area contributed by atoms with E-state index in [-0.39, 0.29) is 0 Å². The lowest BCUT2D eigenvalue weighted by Crippen LogP contribution is -2.13. The van der Waals surface area contributed by atoms with E-state index in [1.54, 1.807) is 6.08 Å². The smallest absolute Gasteiger partial charge is 0.328 e. The van der Waals surface area contributed by atoms with Crippen molar-refractivity contribution in [1.82, 2.24) is 0 Å². The van der Waals surface area contributed by atoms with Crippen LogP contribution < -0.4 is 0 Å². The predicted molar refractivity (Wildman–Crippen MR) is 74.7 cm³/mol. The maximum Gasteiger partial charge on any atom is 0.328 e. The average Bonchev–Trinajstić information content (AvgIpc) is 2.35. The van der Waals surface area contributed by atoms with Crippen molar-refractivity contribution < 1.29 is 14.6 Å². The van der Waals surface area contributed by atoms with Crippen LogP contribution in [0.15, 0.2) is 30.3 Å². The van der Waals surface area contributed by atoms with Crippen LogP contribution in [0.25, 0.3) is 6.08 Å². The molecule has 3 heteroatoms. The summed E-state index contributed by atoms with van der Waals surface area (Å²) in [7, 11) is 0. The van der Waals surface area contributed by atoms with E-state index in [0.29, 0.717) is 6.61 Å². The number of benzene rings is 1. The van der Waals surface area contributed by atoms with Crippen LogP contribution in [0.2, 0.25) is 0 Å². The molecule has 1 aliphatic rings. The van der Waals surface area contributed by atoms with Gasteiger partial charge >= 0.3 is 5.97 Å². The fourth-order valence-corrected chi connectivity index (χ4v) is 2.11. The zero-order valence-electron chi connectivity index (χ0n) is 11.0. The largest absolute Gasteiger partial charge is 0.478 e. The molecule has 0 amide bonds. The number of ether oxygens (including phenoxy) is 1. The van der Waals surface area contributed by atoms with Gasteiger partial charge < -0.3 is 9.84 Å². The van der Waals surface area contributed by atoms with E-state index in [2.05, 4.69) is 0 Å². The molecule has 1 saturated carbocycles. The summed E-state index contributed by atoms with van der Waals surface area (Å²) in [6.45, 7) is 1.47. The lowest BCUT2D eigenvalue weighted by molar-refractivity contribution is -0.131. The predicted octanol–water partition coefficient (Wildman–Crippen LogP) is 3.49. The molecule has 1 N–H and O–H groups in total. The highest BCUT2D eigenvalue weighted by molar-refractivity contribution is 5.85. The molecule has 2 rings (SSSR count). The van der Waals surface area contributed by atoms with E-state index in [9.17, 15) is 4.79 Å². The van der Waals surface area contributed by atoms with Gasteiger partial charge in [0, 0.05) is 12.7 Å². The molecule has 0 bridgehead atoms. The fraction of sp³-hybridized carbons (Fsp3) is 0.438. The van der Waals surface area contributed by atoms with Crippen molar-refractivity contribution >= 4 is 12.0 Å². The molecule has 102 valence electrons. The molecule has 0 saturated heterocycles. The molecular weight excluding hydrogens is 240 g/mol. The minimum absolute atomic E-state index is 0.635. The maximum absolute atomic E-state index is 10.4. The molecule has 0 atom stereocenters. The van der Waals surface area contributed by atoms with Crippen molar-refractivity contribution in [3.05, 3.63) is 41.5 Å². The SMILES string of the molecule is O=C(O)/C=C/c1ccc(COCCC2CCC2)cc1. The Kier molecular flexibility index (Phi) is 5.16. The average molecular weight is 260 g/mol. The summed E-state index contributed by atoms with van der Waals surface area (Å²) >= 11 is 0. The Balaban J connectivity index is 1.70. The van der Waals surface area contributed by atoms with Crippen molar-refractivity contribution in [1.29, 1.82) is 0 Å². The molecule has 0 aromatic heterocycles. The molecule has 3 nitrogen and oxygen atoms in total. The van der Waals surface area contributed by atoms with Gasteiger partial charge in [0.1, 0.15) is 0 Å². The summed E-state index contributed by atoms with van der Waals surface area (Å²) in [6, 6.07) is 7.77. The summed E-state index contributed by atoms with van der Waals surface area (Å²) < 4.78 is 5.65. The zero-order chi connectivity index (χ0) is 13.5. The highest BCUT2D eigenvalue weighted by Crippen LogP contribution is 2.29. The van der Waals surface area contributed by atoms with Crippen molar-refractivity contribution in [3.8, 4) is 0 Å². The molecular formula is C16H20O3. The number of hydrogen-bond acceptors (Lipinski definition) is 2. The van der Waals surface area contributed by atoms with Crippen molar-refractivity contribution in [3.63, 3.8) is 0 Å². The topological polar surface area (TPSA) is 46.5 Å². The Morgan fingerprint density at radius 1 is 1.32 bits per heavy atom. The van der Waals surface area contributed by atoms with Gasteiger partial charge in [0.05, 0.1) is 6.61 Å². The summed E-state index contributed by atoms with van der Waals surface area (Å²) in [5.74, 6) is -0.0352. The number of carbonyl (C=O) groups is 1. The van der Waals surface area contributed by atoms with E-state index in [1.807, 2.05) is 24.3 Å². The molecule has 19 heavy (non-hydrogen) atoms. The molecule has 0 spiro atoms. The van der Waals surface area contributed by atoms with Gasteiger partial charge in [0.2, 0.25) is 0 Å². The Bertz CT molecular complexity index is 430. The Hall–Kier alpha value is -1.61. The van der Waals surface area contributed by atoms with Gasteiger partial charge in [-0.15, -0.1) is 0 Å². The Labute approximate surface area is 113 Å². The van der Waals surface area contributed by atoms with Crippen LogP contribution in [0, 0.1) is 5.92 Å². The van der Waals surface area contributed by atoms with Crippen molar-refractivity contribution in [2.75, 3.05) is 6.61 Å². The first-order valence-electron chi connectivity index (χ1n) is 6.82. The summed E-state index contributed by atoms with van der Waals surface area (Å²) in [4.78, 5) is 10.4. The van der Waals surface area contributed by atoms with Crippen molar-refractivity contribution in [2.24, 2.45) is 5.92 Å². The van der Waals surface area contributed by atoms with Crippen LogP contribution in [0.5, 0.6) is 0 Å². The van der Waals surface area contributed by atoms with E-state index in [0.717, 1.165) is 29.7 Å². The lowest BCUT2D eigenvalue weighted by Gasteiger charge is -2.24. The van der Waals surface area contributed by atoms with Gasteiger partial charge in [0.15, 0.2) is 0 Å². The zero-order valence-corrected chi connectivity index (χ0v) is 11.0. The summed E-state index contributed by atoms with van der Waals surface area (Å²) in [6.07, 6.45) is 8.03.